The van der Waals surface area contributed by atoms with E-state index in [4.69, 9.17) is 11.6 Å². The zero-order valence-electron chi connectivity index (χ0n) is 17.2. The molecule has 4 N–H and O–H groups in total. The Morgan fingerprint density at radius 1 is 1.04 bits per heavy atom. The molecule has 6 nitrogen and oxygen atoms in total. The van der Waals surface area contributed by atoms with Crippen LogP contribution in [0.25, 0.3) is 0 Å². The normalized spacial score (nSPS) is 20.4. The molecule has 7 heteroatoms. The smallest absolute Gasteiger partial charge is 0.279 e. The molecule has 0 aliphatic carbocycles. The number of piperazine rings is 1. The first-order chi connectivity index (χ1) is 13.5. The second-order valence-electron chi connectivity index (χ2n) is 7.85. The SMILES string of the molecule is CCCCC[C@H](C)NC(=O)C[NH+]1CC[NH+](CC(=O)Nc2ccccc2Cl)CC1. The molecule has 1 atom stereocenters. The maximum atomic E-state index is 12.3. The molecular formula is C21H35ClN4O2+2. The summed E-state index contributed by atoms with van der Waals surface area (Å²) in [7, 11) is 0. The van der Waals surface area contributed by atoms with E-state index in [9.17, 15) is 9.59 Å². The van der Waals surface area contributed by atoms with Crippen LogP contribution < -0.4 is 20.4 Å². The number of amides is 2. The van der Waals surface area contributed by atoms with Crippen LogP contribution in [0.4, 0.5) is 5.69 Å². The largest absolute Gasteiger partial charge is 0.349 e. The third-order valence-corrected chi connectivity index (χ3v) is 5.61. The zero-order chi connectivity index (χ0) is 20.4. The third-order valence-electron chi connectivity index (χ3n) is 5.28. The summed E-state index contributed by atoms with van der Waals surface area (Å²) in [6.45, 7) is 8.83. The topological polar surface area (TPSA) is 67.1 Å². The standard InChI is InChI=1S/C21H33ClN4O2/c1-3-4-5-8-17(2)23-20(27)15-25-11-13-26(14-12-25)16-21(28)24-19-10-7-6-9-18(19)22/h6-7,9-10,17H,3-5,8,11-16H2,1-2H3,(H,23,27)(H,24,28)/p+2/t17-/m0/s1. The predicted molar refractivity (Wildman–Crippen MR) is 113 cm³/mol. The van der Waals surface area contributed by atoms with Crippen molar-refractivity contribution in [1.29, 1.82) is 0 Å². The van der Waals surface area contributed by atoms with Crippen LogP contribution in [0, 0.1) is 0 Å². The molecule has 1 aromatic rings. The Balaban J connectivity index is 1.64. The van der Waals surface area contributed by atoms with Crippen LogP contribution in [0.15, 0.2) is 24.3 Å². The summed E-state index contributed by atoms with van der Waals surface area (Å²) in [5.41, 5.74) is 0.655. The molecule has 0 aromatic heterocycles. The van der Waals surface area contributed by atoms with Crippen LogP contribution in [-0.2, 0) is 9.59 Å². The molecule has 0 saturated carbocycles. The van der Waals surface area contributed by atoms with Gasteiger partial charge in [-0.25, -0.2) is 0 Å². The lowest BCUT2D eigenvalue weighted by Crippen LogP contribution is -3.28. The fourth-order valence-corrected chi connectivity index (χ4v) is 3.80. The van der Waals surface area contributed by atoms with Crippen molar-refractivity contribution in [3.8, 4) is 0 Å². The highest BCUT2D eigenvalue weighted by Gasteiger charge is 2.26. The minimum absolute atomic E-state index is 0.0230. The van der Waals surface area contributed by atoms with E-state index >= 15 is 0 Å². The van der Waals surface area contributed by atoms with E-state index in [0.717, 1.165) is 32.6 Å². The van der Waals surface area contributed by atoms with E-state index in [1.807, 2.05) is 12.1 Å². The quantitative estimate of drug-likeness (QED) is 0.415. The number of carbonyl (C=O) groups is 2. The van der Waals surface area contributed by atoms with Crippen molar-refractivity contribution in [2.45, 2.75) is 45.6 Å². The fourth-order valence-electron chi connectivity index (χ4n) is 3.62. The van der Waals surface area contributed by atoms with E-state index in [-0.39, 0.29) is 17.9 Å². The first-order valence-corrected chi connectivity index (χ1v) is 10.9. The van der Waals surface area contributed by atoms with Crippen LogP contribution >= 0.6 is 11.6 Å². The van der Waals surface area contributed by atoms with Crippen molar-refractivity contribution in [2.75, 3.05) is 44.6 Å². The van der Waals surface area contributed by atoms with Crippen molar-refractivity contribution in [1.82, 2.24) is 5.32 Å². The molecular weight excluding hydrogens is 376 g/mol. The number of hydrogen-bond donors (Lipinski definition) is 4. The Hall–Kier alpha value is -1.63. The Labute approximate surface area is 173 Å². The second-order valence-corrected chi connectivity index (χ2v) is 8.25. The molecule has 2 amide bonds. The van der Waals surface area contributed by atoms with E-state index < -0.39 is 0 Å². The van der Waals surface area contributed by atoms with E-state index in [1.165, 1.54) is 29.1 Å². The molecule has 2 rings (SSSR count). The average molecular weight is 411 g/mol. The van der Waals surface area contributed by atoms with Gasteiger partial charge in [0.2, 0.25) is 0 Å². The van der Waals surface area contributed by atoms with Crippen LogP contribution in [-0.4, -0.2) is 57.1 Å². The molecule has 1 heterocycles. The highest BCUT2D eigenvalue weighted by atomic mass is 35.5. The van der Waals surface area contributed by atoms with E-state index in [1.54, 1.807) is 12.1 Å². The summed E-state index contributed by atoms with van der Waals surface area (Å²) < 4.78 is 0. The van der Waals surface area contributed by atoms with Crippen molar-refractivity contribution in [3.05, 3.63) is 29.3 Å². The number of para-hydroxylation sites is 1. The van der Waals surface area contributed by atoms with Gasteiger partial charge in [-0.2, -0.15) is 0 Å². The number of anilines is 1. The number of nitrogens with one attached hydrogen (secondary N) is 4. The summed E-state index contributed by atoms with van der Waals surface area (Å²) in [6, 6.07) is 7.51. The molecule has 0 spiro atoms. The molecule has 1 saturated heterocycles. The highest BCUT2D eigenvalue weighted by molar-refractivity contribution is 6.33. The molecule has 0 radical (unpaired) electrons. The van der Waals surface area contributed by atoms with E-state index in [0.29, 0.717) is 23.8 Å². The number of rotatable bonds is 10. The highest BCUT2D eigenvalue weighted by Crippen LogP contribution is 2.19. The van der Waals surface area contributed by atoms with Gasteiger partial charge in [-0.1, -0.05) is 49.9 Å². The van der Waals surface area contributed by atoms with Crippen molar-refractivity contribution in [3.63, 3.8) is 0 Å². The Kier molecular flexibility index (Phi) is 9.75. The molecule has 1 aliphatic rings. The number of carbonyl (C=O) groups excluding carboxylic acids is 2. The zero-order valence-corrected chi connectivity index (χ0v) is 17.9. The number of quaternary nitrogens is 2. The lowest BCUT2D eigenvalue weighted by Gasteiger charge is -2.29. The monoisotopic (exact) mass is 410 g/mol. The molecule has 28 heavy (non-hydrogen) atoms. The van der Waals surface area contributed by atoms with Crippen molar-refractivity contribution < 1.29 is 19.4 Å². The van der Waals surface area contributed by atoms with Gasteiger partial charge in [0.05, 0.1) is 10.7 Å². The number of halogens is 1. The van der Waals surface area contributed by atoms with Gasteiger partial charge in [-0.05, 0) is 25.5 Å². The molecule has 1 aliphatic heterocycles. The summed E-state index contributed by atoms with van der Waals surface area (Å²) in [5.74, 6) is 0.115. The van der Waals surface area contributed by atoms with Crippen LogP contribution in [0.5, 0.6) is 0 Å². The van der Waals surface area contributed by atoms with Gasteiger partial charge < -0.3 is 20.4 Å². The van der Waals surface area contributed by atoms with Gasteiger partial charge in [0.25, 0.3) is 11.8 Å². The minimum atomic E-state index is -0.0230. The Morgan fingerprint density at radius 3 is 2.25 bits per heavy atom. The minimum Gasteiger partial charge on any atom is -0.349 e. The number of benzene rings is 1. The van der Waals surface area contributed by atoms with Gasteiger partial charge in [0.15, 0.2) is 13.1 Å². The van der Waals surface area contributed by atoms with Crippen LogP contribution in [0.1, 0.15) is 39.5 Å². The second kappa shape index (κ2) is 12.0. The first kappa shape index (κ1) is 22.7. The lowest BCUT2D eigenvalue weighted by molar-refractivity contribution is -1.00. The Bertz CT molecular complexity index is 633. The average Bonchev–Trinajstić information content (AvgIpc) is 2.65. The van der Waals surface area contributed by atoms with Crippen molar-refractivity contribution in [2.24, 2.45) is 0 Å². The summed E-state index contributed by atoms with van der Waals surface area (Å²) in [5, 5.41) is 6.55. The molecule has 0 unspecified atom stereocenters. The maximum absolute atomic E-state index is 12.3. The molecule has 1 fully saturated rings. The third kappa shape index (κ3) is 8.17. The van der Waals surface area contributed by atoms with Crippen molar-refractivity contribution >= 4 is 29.1 Å². The summed E-state index contributed by atoms with van der Waals surface area (Å²) in [4.78, 5) is 27.0. The Morgan fingerprint density at radius 2 is 1.64 bits per heavy atom. The van der Waals surface area contributed by atoms with Gasteiger partial charge in [-0.15, -0.1) is 0 Å². The number of unbranched alkanes of at least 4 members (excludes halogenated alkanes) is 2. The molecule has 0 bridgehead atoms. The number of hydrogen-bond acceptors (Lipinski definition) is 2. The van der Waals surface area contributed by atoms with Crippen LogP contribution in [0.2, 0.25) is 5.02 Å². The summed E-state index contributed by atoms with van der Waals surface area (Å²) >= 11 is 6.09. The van der Waals surface area contributed by atoms with Crippen LogP contribution in [0.3, 0.4) is 0 Å². The van der Waals surface area contributed by atoms with Gasteiger partial charge in [0, 0.05) is 6.04 Å². The van der Waals surface area contributed by atoms with Gasteiger partial charge in [0.1, 0.15) is 26.2 Å². The fraction of sp³-hybridized carbons (Fsp3) is 0.619. The summed E-state index contributed by atoms with van der Waals surface area (Å²) in [6.07, 6.45) is 4.64. The molecule has 156 valence electrons. The lowest BCUT2D eigenvalue weighted by atomic mass is 10.1. The first-order valence-electron chi connectivity index (χ1n) is 10.5. The molecule has 1 aromatic carbocycles. The van der Waals surface area contributed by atoms with Gasteiger partial charge >= 0.3 is 0 Å². The van der Waals surface area contributed by atoms with E-state index in [2.05, 4.69) is 24.5 Å². The van der Waals surface area contributed by atoms with Gasteiger partial charge in [-0.3, -0.25) is 9.59 Å². The maximum Gasteiger partial charge on any atom is 0.279 e. The predicted octanol–water partition coefficient (Wildman–Crippen LogP) is 0.147.